The van der Waals surface area contributed by atoms with E-state index in [1.165, 1.54) is 0 Å². The molecule has 4 rings (SSSR count). The monoisotopic (exact) mass is 475 g/mol. The summed E-state index contributed by atoms with van der Waals surface area (Å²) in [5.41, 5.74) is 3.09. The maximum Gasteiger partial charge on any atom is 0.386 e. The molecule has 0 fully saturated rings. The SMILES string of the molecule is CC(F)(F)F.CCC(F)c1cc(F)cc(F)c1Cc1ccc(C)c2c1CC1(F)N=C(C)OC21. The lowest BCUT2D eigenvalue weighted by molar-refractivity contribution is -0.110. The minimum absolute atomic E-state index is 0.00703. The maximum absolute atomic E-state index is 15.3. The van der Waals surface area contributed by atoms with E-state index in [4.69, 9.17) is 4.74 Å². The van der Waals surface area contributed by atoms with Crippen molar-refractivity contribution in [2.45, 2.75) is 71.2 Å². The van der Waals surface area contributed by atoms with Crippen LogP contribution in [0.3, 0.4) is 0 Å². The number of hydrogen-bond acceptors (Lipinski definition) is 2. The highest BCUT2D eigenvalue weighted by Crippen LogP contribution is 2.51. The van der Waals surface area contributed by atoms with Crippen LogP contribution in [0, 0.1) is 18.6 Å². The number of nitrogens with zero attached hydrogens (tertiary/aromatic N) is 1. The van der Waals surface area contributed by atoms with Gasteiger partial charge in [0.1, 0.15) is 17.8 Å². The van der Waals surface area contributed by atoms with Crippen LogP contribution >= 0.6 is 0 Å². The average Bonchev–Trinajstić information content (AvgIpc) is 3.12. The van der Waals surface area contributed by atoms with Gasteiger partial charge >= 0.3 is 6.18 Å². The minimum atomic E-state index is -4.00. The van der Waals surface area contributed by atoms with Gasteiger partial charge in [-0.15, -0.1) is 0 Å². The summed E-state index contributed by atoms with van der Waals surface area (Å²) in [5, 5.41) is 0. The second-order valence-electron chi connectivity index (χ2n) is 8.35. The molecule has 2 nitrogen and oxygen atoms in total. The third kappa shape index (κ3) is 5.33. The van der Waals surface area contributed by atoms with Gasteiger partial charge in [-0.05, 0) is 47.2 Å². The summed E-state index contributed by atoms with van der Waals surface area (Å²) in [5.74, 6) is -3.17. The summed E-state index contributed by atoms with van der Waals surface area (Å²) in [6, 6.07) is 5.42. The third-order valence-corrected chi connectivity index (χ3v) is 5.65. The summed E-state index contributed by atoms with van der Waals surface area (Å²) >= 11 is 0. The van der Waals surface area contributed by atoms with Crippen molar-refractivity contribution in [3.8, 4) is 0 Å². The van der Waals surface area contributed by atoms with E-state index < -0.39 is 35.9 Å². The van der Waals surface area contributed by atoms with Crippen LogP contribution in [0.15, 0.2) is 29.3 Å². The van der Waals surface area contributed by atoms with Crippen molar-refractivity contribution in [2.24, 2.45) is 4.99 Å². The standard InChI is InChI=1S/C22H21F4NO.C2H3F3/c1-4-18(24)16-8-14(23)9-19(25)15(16)7-13-6-5-11(2)20-17(13)10-22(26)21(20)28-12(3)27-22;1-2(3,4)5/h5-6,8-9,18,21H,4,7,10H2,1-3H3;1H3. The lowest BCUT2D eigenvalue weighted by Gasteiger charge is -2.18. The second-order valence-corrected chi connectivity index (χ2v) is 8.35. The number of hydrogen-bond donors (Lipinski definition) is 0. The fourth-order valence-corrected chi connectivity index (χ4v) is 4.33. The van der Waals surface area contributed by atoms with Gasteiger partial charge in [-0.3, -0.25) is 0 Å². The lowest BCUT2D eigenvalue weighted by Crippen LogP contribution is -2.22. The van der Waals surface area contributed by atoms with Gasteiger partial charge < -0.3 is 4.74 Å². The molecule has 1 aliphatic heterocycles. The molecule has 1 aliphatic carbocycles. The molecular weight excluding hydrogens is 451 g/mol. The number of benzene rings is 2. The first-order chi connectivity index (χ1) is 15.2. The molecule has 0 radical (unpaired) electrons. The summed E-state index contributed by atoms with van der Waals surface area (Å²) in [7, 11) is 0. The predicted octanol–water partition coefficient (Wildman–Crippen LogP) is 7.56. The molecule has 9 heteroatoms. The largest absolute Gasteiger partial charge is 0.468 e. The molecule has 0 amide bonds. The van der Waals surface area contributed by atoms with E-state index in [1.54, 1.807) is 19.9 Å². The van der Waals surface area contributed by atoms with Crippen molar-refractivity contribution >= 4 is 5.90 Å². The zero-order chi connectivity index (χ0) is 24.7. The van der Waals surface area contributed by atoms with Crippen LogP contribution in [0.5, 0.6) is 0 Å². The van der Waals surface area contributed by atoms with E-state index in [-0.39, 0.29) is 37.3 Å². The topological polar surface area (TPSA) is 21.6 Å². The smallest absolute Gasteiger partial charge is 0.386 e. The normalized spacial score (nSPS) is 22.0. The van der Waals surface area contributed by atoms with Crippen LogP contribution in [-0.4, -0.2) is 17.9 Å². The molecule has 3 unspecified atom stereocenters. The number of aryl methyl sites for hydroxylation is 1. The van der Waals surface area contributed by atoms with Crippen LogP contribution in [-0.2, 0) is 17.6 Å². The van der Waals surface area contributed by atoms with Crippen molar-refractivity contribution in [1.82, 2.24) is 0 Å². The number of aliphatic imine (C=N–C) groups is 1. The quantitative estimate of drug-likeness (QED) is 0.330. The van der Waals surface area contributed by atoms with E-state index in [1.807, 2.05) is 13.0 Å². The zero-order valence-corrected chi connectivity index (χ0v) is 18.6. The van der Waals surface area contributed by atoms with E-state index in [9.17, 15) is 26.3 Å². The Labute approximate surface area is 187 Å². The van der Waals surface area contributed by atoms with Gasteiger partial charge in [0, 0.05) is 38.3 Å². The Morgan fingerprint density at radius 1 is 1.18 bits per heavy atom. The molecule has 3 atom stereocenters. The molecule has 1 heterocycles. The Kier molecular flexibility index (Phi) is 6.82. The third-order valence-electron chi connectivity index (χ3n) is 5.65. The molecule has 2 aromatic rings. The van der Waals surface area contributed by atoms with Crippen molar-refractivity contribution in [3.63, 3.8) is 0 Å². The van der Waals surface area contributed by atoms with Crippen LogP contribution in [0.25, 0.3) is 0 Å². The molecule has 0 aromatic heterocycles. The molecule has 0 spiro atoms. The average molecular weight is 475 g/mol. The highest BCUT2D eigenvalue weighted by molar-refractivity contribution is 5.77. The molecule has 0 bridgehead atoms. The molecule has 180 valence electrons. The minimum Gasteiger partial charge on any atom is -0.468 e. The van der Waals surface area contributed by atoms with Crippen LogP contribution in [0.2, 0.25) is 0 Å². The summed E-state index contributed by atoms with van der Waals surface area (Å²) in [6.45, 7) is 5.29. The van der Waals surface area contributed by atoms with Gasteiger partial charge in [0.15, 0.2) is 12.0 Å². The first-order valence-corrected chi connectivity index (χ1v) is 10.5. The summed E-state index contributed by atoms with van der Waals surface area (Å²) in [4.78, 5) is 4.02. The number of alkyl halides is 5. The highest BCUT2D eigenvalue weighted by Gasteiger charge is 2.54. The van der Waals surface area contributed by atoms with Crippen LogP contribution in [0.1, 0.15) is 72.8 Å². The van der Waals surface area contributed by atoms with Crippen molar-refractivity contribution in [3.05, 3.63) is 69.3 Å². The Morgan fingerprint density at radius 2 is 1.82 bits per heavy atom. The Hall–Kier alpha value is -2.58. The molecule has 33 heavy (non-hydrogen) atoms. The van der Waals surface area contributed by atoms with E-state index in [0.29, 0.717) is 17.0 Å². The van der Waals surface area contributed by atoms with Gasteiger partial charge in [0.25, 0.3) is 0 Å². The highest BCUT2D eigenvalue weighted by atomic mass is 19.4. The first kappa shape index (κ1) is 25.1. The first-order valence-electron chi connectivity index (χ1n) is 10.5. The molecule has 2 aliphatic rings. The Balaban J connectivity index is 0.000000555. The van der Waals surface area contributed by atoms with Crippen molar-refractivity contribution in [1.29, 1.82) is 0 Å². The van der Waals surface area contributed by atoms with E-state index >= 15 is 4.39 Å². The summed E-state index contributed by atoms with van der Waals surface area (Å²) in [6.07, 6.45) is -6.10. The molecular formula is C24H24F7NO. The van der Waals surface area contributed by atoms with Crippen molar-refractivity contribution in [2.75, 3.05) is 0 Å². The lowest BCUT2D eigenvalue weighted by atomic mass is 9.90. The predicted molar refractivity (Wildman–Crippen MR) is 111 cm³/mol. The fraction of sp³-hybridized carbons (Fsp3) is 0.458. The van der Waals surface area contributed by atoms with E-state index in [0.717, 1.165) is 23.3 Å². The molecule has 0 saturated carbocycles. The number of fused-ring (bicyclic) bond motifs is 3. The number of ether oxygens (including phenoxy) is 1. The molecule has 2 aromatic carbocycles. The maximum atomic E-state index is 15.3. The van der Waals surface area contributed by atoms with E-state index in [2.05, 4.69) is 4.99 Å². The van der Waals surface area contributed by atoms with Gasteiger partial charge in [0.2, 0.25) is 5.79 Å². The fourth-order valence-electron chi connectivity index (χ4n) is 4.33. The summed E-state index contributed by atoms with van der Waals surface area (Å²) < 4.78 is 94.6. The Morgan fingerprint density at radius 3 is 2.42 bits per heavy atom. The van der Waals surface area contributed by atoms with Gasteiger partial charge in [0.05, 0.1) is 0 Å². The molecule has 0 saturated heterocycles. The van der Waals surface area contributed by atoms with Gasteiger partial charge in [-0.25, -0.2) is 22.6 Å². The van der Waals surface area contributed by atoms with Crippen LogP contribution in [0.4, 0.5) is 30.7 Å². The van der Waals surface area contributed by atoms with Crippen molar-refractivity contribution < 1.29 is 35.5 Å². The Bertz CT molecular complexity index is 1070. The van der Waals surface area contributed by atoms with Crippen LogP contribution < -0.4 is 0 Å². The van der Waals surface area contributed by atoms with Gasteiger partial charge in [-0.2, -0.15) is 13.2 Å². The zero-order valence-electron chi connectivity index (χ0n) is 18.6. The number of halogens is 7. The number of rotatable bonds is 4. The second kappa shape index (κ2) is 8.99. The molecule has 0 N–H and O–H groups in total. The van der Waals surface area contributed by atoms with Gasteiger partial charge in [-0.1, -0.05) is 19.1 Å².